The van der Waals surface area contributed by atoms with Gasteiger partial charge in [0.25, 0.3) is 5.91 Å². The maximum atomic E-state index is 12.4. The number of amides is 1. The maximum Gasteiger partial charge on any atom is 0.251 e. The van der Waals surface area contributed by atoms with Crippen LogP contribution in [0.15, 0.2) is 36.4 Å². The predicted octanol–water partition coefficient (Wildman–Crippen LogP) is 2.94. The van der Waals surface area contributed by atoms with Gasteiger partial charge in [0.15, 0.2) is 0 Å². The minimum absolute atomic E-state index is 0.0135. The monoisotopic (exact) mass is 351 g/mol. The highest BCUT2D eigenvalue weighted by Gasteiger charge is 2.12. The first-order chi connectivity index (χ1) is 12.4. The fraction of sp³-hybridized carbons (Fsp3) is 0.350. The molecule has 26 heavy (non-hydrogen) atoms. The fourth-order valence-corrected chi connectivity index (χ4v) is 3.02. The lowest BCUT2D eigenvalue weighted by Gasteiger charge is -2.13. The quantitative estimate of drug-likeness (QED) is 0.717. The first-order valence-electron chi connectivity index (χ1n) is 8.82. The average molecular weight is 351 g/mol. The second kappa shape index (κ2) is 7.56. The van der Waals surface area contributed by atoms with Crippen molar-refractivity contribution in [3.8, 4) is 0 Å². The van der Waals surface area contributed by atoms with Crippen molar-refractivity contribution < 1.29 is 4.79 Å². The van der Waals surface area contributed by atoms with Gasteiger partial charge in [-0.2, -0.15) is 10.2 Å². The molecule has 136 valence electrons. The Morgan fingerprint density at radius 2 is 1.92 bits per heavy atom. The van der Waals surface area contributed by atoms with E-state index in [2.05, 4.69) is 26.7 Å². The van der Waals surface area contributed by atoms with Gasteiger partial charge in [0.2, 0.25) is 0 Å². The number of hydrogen-bond donors (Lipinski definition) is 2. The number of rotatable bonds is 6. The van der Waals surface area contributed by atoms with E-state index in [-0.39, 0.29) is 11.9 Å². The van der Waals surface area contributed by atoms with Crippen LogP contribution in [-0.4, -0.2) is 31.9 Å². The van der Waals surface area contributed by atoms with Gasteiger partial charge >= 0.3 is 0 Å². The van der Waals surface area contributed by atoms with Crippen LogP contribution in [-0.2, 0) is 13.0 Å². The minimum atomic E-state index is -0.0672. The summed E-state index contributed by atoms with van der Waals surface area (Å²) in [6.07, 6.45) is 0.700. The number of nitrogens with zero attached hydrogens (tertiary/aromatic N) is 3. The molecular formula is C20H25N5O. The summed E-state index contributed by atoms with van der Waals surface area (Å²) in [5.74, 6) is -0.0672. The Morgan fingerprint density at radius 1 is 1.19 bits per heavy atom. The number of H-pyrrole nitrogens is 1. The molecule has 6 heteroatoms. The molecule has 1 amide bonds. The van der Waals surface area contributed by atoms with Crippen LogP contribution in [0.1, 0.15) is 45.6 Å². The standard InChI is InChI=1S/C20H25N5O/c1-13(10-19-11-14(2)22-23-19)21-20(26)18-7-5-17(6-8-18)12-25-16(4)9-15(3)24-25/h5-9,11,13H,10,12H2,1-4H3,(H,21,26)(H,22,23)/t13-/m0/s1. The molecule has 0 unspecified atom stereocenters. The molecule has 0 spiro atoms. The van der Waals surface area contributed by atoms with Gasteiger partial charge in [-0.15, -0.1) is 0 Å². The SMILES string of the molecule is Cc1cc(C)n(Cc2ccc(C(=O)N[C@@H](C)Cc3cc(C)[nH]n3)cc2)n1. The summed E-state index contributed by atoms with van der Waals surface area (Å²) in [4.78, 5) is 12.4. The van der Waals surface area contributed by atoms with Crippen LogP contribution < -0.4 is 5.32 Å². The fourth-order valence-electron chi connectivity index (χ4n) is 3.02. The number of carbonyl (C=O) groups excluding carboxylic acids is 1. The molecule has 3 rings (SSSR count). The van der Waals surface area contributed by atoms with E-state index in [1.54, 1.807) is 0 Å². The van der Waals surface area contributed by atoms with Crippen LogP contribution in [0, 0.1) is 20.8 Å². The second-order valence-electron chi connectivity index (χ2n) is 6.90. The molecule has 0 saturated carbocycles. The molecule has 0 aliphatic rings. The number of benzene rings is 1. The molecule has 2 aromatic heterocycles. The average Bonchev–Trinajstić information content (AvgIpc) is 3.12. The third kappa shape index (κ3) is 4.39. The molecule has 0 bridgehead atoms. The molecule has 0 fully saturated rings. The Hall–Kier alpha value is -2.89. The summed E-state index contributed by atoms with van der Waals surface area (Å²) < 4.78 is 1.97. The lowest BCUT2D eigenvalue weighted by molar-refractivity contribution is 0.0940. The first kappa shape index (κ1) is 17.9. The van der Waals surface area contributed by atoms with Gasteiger partial charge < -0.3 is 5.32 Å². The Balaban J connectivity index is 1.58. The summed E-state index contributed by atoms with van der Waals surface area (Å²) in [5, 5.41) is 14.6. The number of carbonyl (C=O) groups is 1. The lowest BCUT2D eigenvalue weighted by atomic mass is 10.1. The number of hydrogen-bond acceptors (Lipinski definition) is 3. The van der Waals surface area contributed by atoms with Gasteiger partial charge in [-0.05, 0) is 57.5 Å². The molecule has 3 aromatic rings. The Bertz CT molecular complexity index is 891. The van der Waals surface area contributed by atoms with E-state index in [1.807, 2.05) is 62.7 Å². The highest BCUT2D eigenvalue weighted by molar-refractivity contribution is 5.94. The first-order valence-corrected chi connectivity index (χ1v) is 8.82. The van der Waals surface area contributed by atoms with Crippen LogP contribution in [0.3, 0.4) is 0 Å². The summed E-state index contributed by atoms with van der Waals surface area (Å²) in [6, 6.07) is 11.8. The van der Waals surface area contributed by atoms with E-state index in [9.17, 15) is 4.79 Å². The van der Waals surface area contributed by atoms with E-state index >= 15 is 0 Å². The Morgan fingerprint density at radius 3 is 2.50 bits per heavy atom. The molecule has 2 heterocycles. The summed E-state index contributed by atoms with van der Waals surface area (Å²) >= 11 is 0. The third-order valence-electron chi connectivity index (χ3n) is 4.30. The van der Waals surface area contributed by atoms with Gasteiger partial charge in [0, 0.05) is 29.4 Å². The third-order valence-corrected chi connectivity index (χ3v) is 4.30. The van der Waals surface area contributed by atoms with Crippen LogP contribution in [0.4, 0.5) is 0 Å². The van der Waals surface area contributed by atoms with Crippen LogP contribution in [0.25, 0.3) is 0 Å². The molecule has 1 aromatic carbocycles. The zero-order valence-electron chi connectivity index (χ0n) is 15.7. The Kier molecular flexibility index (Phi) is 5.21. The molecule has 1 atom stereocenters. The highest BCUT2D eigenvalue weighted by Crippen LogP contribution is 2.10. The van der Waals surface area contributed by atoms with Crippen molar-refractivity contribution in [3.05, 3.63) is 70.3 Å². The van der Waals surface area contributed by atoms with Crippen LogP contribution in [0.2, 0.25) is 0 Å². The van der Waals surface area contributed by atoms with Crippen LogP contribution >= 0.6 is 0 Å². The van der Waals surface area contributed by atoms with E-state index < -0.39 is 0 Å². The zero-order chi connectivity index (χ0) is 18.7. The number of nitrogens with one attached hydrogen (secondary N) is 2. The van der Waals surface area contributed by atoms with Crippen molar-refractivity contribution in [2.75, 3.05) is 0 Å². The van der Waals surface area contributed by atoms with E-state index in [0.717, 1.165) is 28.3 Å². The van der Waals surface area contributed by atoms with Crippen molar-refractivity contribution in [2.24, 2.45) is 0 Å². The topological polar surface area (TPSA) is 75.6 Å². The number of aromatic nitrogens is 4. The summed E-state index contributed by atoms with van der Waals surface area (Å²) in [6.45, 7) is 8.69. The van der Waals surface area contributed by atoms with Crippen molar-refractivity contribution in [2.45, 2.75) is 46.7 Å². The molecule has 2 N–H and O–H groups in total. The zero-order valence-corrected chi connectivity index (χ0v) is 15.7. The van der Waals surface area contributed by atoms with E-state index in [0.29, 0.717) is 18.5 Å². The molecule has 0 aliphatic carbocycles. The molecule has 6 nitrogen and oxygen atoms in total. The molecule has 0 saturated heterocycles. The molecular weight excluding hydrogens is 326 g/mol. The van der Waals surface area contributed by atoms with Gasteiger partial charge in [0.1, 0.15) is 0 Å². The van der Waals surface area contributed by atoms with Crippen molar-refractivity contribution in [1.82, 2.24) is 25.3 Å². The predicted molar refractivity (Wildman–Crippen MR) is 101 cm³/mol. The number of aryl methyl sites for hydroxylation is 3. The van der Waals surface area contributed by atoms with Crippen molar-refractivity contribution in [3.63, 3.8) is 0 Å². The molecule has 0 radical (unpaired) electrons. The van der Waals surface area contributed by atoms with Gasteiger partial charge in [-0.1, -0.05) is 12.1 Å². The number of aromatic amines is 1. The smallest absolute Gasteiger partial charge is 0.251 e. The normalized spacial score (nSPS) is 12.2. The highest BCUT2D eigenvalue weighted by atomic mass is 16.1. The molecule has 0 aliphatic heterocycles. The van der Waals surface area contributed by atoms with Crippen molar-refractivity contribution in [1.29, 1.82) is 0 Å². The van der Waals surface area contributed by atoms with Crippen molar-refractivity contribution >= 4 is 5.91 Å². The second-order valence-corrected chi connectivity index (χ2v) is 6.90. The summed E-state index contributed by atoms with van der Waals surface area (Å²) in [7, 11) is 0. The minimum Gasteiger partial charge on any atom is -0.349 e. The summed E-state index contributed by atoms with van der Waals surface area (Å²) in [5.41, 5.74) is 5.90. The van der Waals surface area contributed by atoms with Gasteiger partial charge in [-0.3, -0.25) is 14.6 Å². The largest absolute Gasteiger partial charge is 0.349 e. The maximum absolute atomic E-state index is 12.4. The van der Waals surface area contributed by atoms with Gasteiger partial charge in [-0.25, -0.2) is 0 Å². The van der Waals surface area contributed by atoms with E-state index in [1.165, 1.54) is 0 Å². The Labute approximate surface area is 153 Å². The lowest BCUT2D eigenvalue weighted by Crippen LogP contribution is -2.34. The van der Waals surface area contributed by atoms with E-state index in [4.69, 9.17) is 0 Å². The van der Waals surface area contributed by atoms with Crippen LogP contribution in [0.5, 0.6) is 0 Å². The van der Waals surface area contributed by atoms with Gasteiger partial charge in [0.05, 0.1) is 17.9 Å².